The summed E-state index contributed by atoms with van der Waals surface area (Å²) in [7, 11) is 0. The molecule has 1 aliphatic carbocycles. The van der Waals surface area contributed by atoms with E-state index in [4.69, 9.17) is 10.5 Å². The molecule has 0 radical (unpaired) electrons. The van der Waals surface area contributed by atoms with Crippen molar-refractivity contribution in [1.29, 1.82) is 0 Å². The van der Waals surface area contributed by atoms with E-state index in [1.807, 2.05) is 6.07 Å². The minimum Gasteiger partial charge on any atom is -0.381 e. The first kappa shape index (κ1) is 12.7. The SMILES string of the molecule is NC1c2ccc(F)cc2CCC1N1CC2COCC2C1. The highest BCUT2D eigenvalue weighted by Crippen LogP contribution is 2.37. The molecular weight excluding hydrogens is 255 g/mol. The summed E-state index contributed by atoms with van der Waals surface area (Å²) in [5.74, 6) is 1.23. The van der Waals surface area contributed by atoms with Crippen molar-refractivity contribution in [2.24, 2.45) is 17.6 Å². The molecule has 3 aliphatic rings. The Morgan fingerprint density at radius 1 is 1.20 bits per heavy atom. The third-order valence-electron chi connectivity index (χ3n) is 5.33. The third kappa shape index (κ3) is 1.98. The zero-order valence-corrected chi connectivity index (χ0v) is 11.6. The molecule has 0 aromatic heterocycles. The Morgan fingerprint density at radius 3 is 2.70 bits per heavy atom. The van der Waals surface area contributed by atoms with Crippen LogP contribution in [0.1, 0.15) is 23.6 Å². The van der Waals surface area contributed by atoms with Crippen LogP contribution >= 0.6 is 0 Å². The van der Waals surface area contributed by atoms with E-state index in [9.17, 15) is 4.39 Å². The van der Waals surface area contributed by atoms with E-state index in [-0.39, 0.29) is 11.9 Å². The van der Waals surface area contributed by atoms with Gasteiger partial charge in [0.1, 0.15) is 5.82 Å². The van der Waals surface area contributed by atoms with Crippen LogP contribution in [0, 0.1) is 17.7 Å². The Morgan fingerprint density at radius 2 is 1.95 bits per heavy atom. The lowest BCUT2D eigenvalue weighted by atomic mass is 9.83. The molecule has 20 heavy (non-hydrogen) atoms. The summed E-state index contributed by atoms with van der Waals surface area (Å²) in [5.41, 5.74) is 8.70. The van der Waals surface area contributed by atoms with E-state index in [1.54, 1.807) is 6.07 Å². The highest BCUT2D eigenvalue weighted by Gasteiger charge is 2.42. The van der Waals surface area contributed by atoms with Gasteiger partial charge in [0.2, 0.25) is 0 Å². The van der Waals surface area contributed by atoms with E-state index in [1.165, 1.54) is 6.07 Å². The maximum atomic E-state index is 13.3. The predicted octanol–water partition coefficient (Wildman–Crippen LogP) is 1.72. The first-order valence-corrected chi connectivity index (χ1v) is 7.58. The van der Waals surface area contributed by atoms with Gasteiger partial charge in [-0.25, -0.2) is 4.39 Å². The normalized spacial score (nSPS) is 36.9. The fourth-order valence-corrected chi connectivity index (χ4v) is 4.21. The van der Waals surface area contributed by atoms with Crippen LogP contribution in [-0.4, -0.2) is 37.2 Å². The Bertz CT molecular complexity index is 509. The minimum absolute atomic E-state index is 0.0131. The van der Waals surface area contributed by atoms with Gasteiger partial charge in [-0.05, 0) is 36.1 Å². The molecule has 2 heterocycles. The maximum Gasteiger partial charge on any atom is 0.123 e. The van der Waals surface area contributed by atoms with Crippen molar-refractivity contribution in [3.05, 3.63) is 35.1 Å². The number of hydrogen-bond donors (Lipinski definition) is 1. The van der Waals surface area contributed by atoms with Crippen LogP contribution < -0.4 is 5.73 Å². The number of likely N-dealkylation sites (tertiary alicyclic amines) is 1. The molecular formula is C16H21FN2O. The molecule has 1 aromatic rings. The van der Waals surface area contributed by atoms with Crippen LogP contribution in [0.4, 0.5) is 4.39 Å². The van der Waals surface area contributed by atoms with Gasteiger partial charge in [-0.2, -0.15) is 0 Å². The van der Waals surface area contributed by atoms with Crippen molar-refractivity contribution in [1.82, 2.24) is 4.90 Å². The second-order valence-corrected chi connectivity index (χ2v) is 6.49. The summed E-state index contributed by atoms with van der Waals surface area (Å²) in [6, 6.07) is 5.48. The molecule has 2 fully saturated rings. The zero-order valence-electron chi connectivity index (χ0n) is 11.6. The molecule has 0 bridgehead atoms. The van der Waals surface area contributed by atoms with Gasteiger partial charge < -0.3 is 10.5 Å². The Kier molecular flexibility index (Phi) is 3.05. The average molecular weight is 276 g/mol. The summed E-state index contributed by atoms with van der Waals surface area (Å²) < 4.78 is 18.9. The van der Waals surface area contributed by atoms with E-state index in [2.05, 4.69) is 4.90 Å². The van der Waals surface area contributed by atoms with Crippen LogP contribution in [0.3, 0.4) is 0 Å². The fraction of sp³-hybridized carbons (Fsp3) is 0.625. The molecule has 4 atom stereocenters. The highest BCUT2D eigenvalue weighted by atomic mass is 19.1. The largest absolute Gasteiger partial charge is 0.381 e. The molecule has 0 saturated carbocycles. The van der Waals surface area contributed by atoms with Crippen LogP contribution in [0.5, 0.6) is 0 Å². The quantitative estimate of drug-likeness (QED) is 0.849. The average Bonchev–Trinajstić information content (AvgIpc) is 2.99. The number of nitrogens with zero attached hydrogens (tertiary/aromatic N) is 1. The molecule has 1 aromatic carbocycles. The second-order valence-electron chi connectivity index (χ2n) is 6.49. The topological polar surface area (TPSA) is 38.5 Å². The molecule has 4 heteroatoms. The van der Waals surface area contributed by atoms with Crippen LogP contribution in [0.15, 0.2) is 18.2 Å². The standard InChI is InChI=1S/C16H21FN2O/c17-13-2-3-14-10(5-13)1-4-15(16(14)18)19-6-11-8-20-9-12(11)7-19/h2-3,5,11-12,15-16H,1,4,6-9,18H2. The smallest absolute Gasteiger partial charge is 0.123 e. The molecule has 0 spiro atoms. The summed E-state index contributed by atoms with van der Waals surface area (Å²) in [6.45, 7) is 4.04. The lowest BCUT2D eigenvalue weighted by Crippen LogP contribution is -2.45. The first-order chi connectivity index (χ1) is 9.72. The van der Waals surface area contributed by atoms with Crippen LogP contribution in [0.2, 0.25) is 0 Å². The number of halogens is 1. The second kappa shape index (κ2) is 4.79. The van der Waals surface area contributed by atoms with Crippen molar-refractivity contribution >= 4 is 0 Å². The van der Waals surface area contributed by atoms with Crippen LogP contribution in [-0.2, 0) is 11.2 Å². The summed E-state index contributed by atoms with van der Waals surface area (Å²) >= 11 is 0. The van der Waals surface area contributed by atoms with Gasteiger partial charge in [0.15, 0.2) is 0 Å². The highest BCUT2D eigenvalue weighted by molar-refractivity contribution is 5.34. The number of aryl methyl sites for hydroxylation is 1. The number of fused-ring (bicyclic) bond motifs is 2. The zero-order chi connectivity index (χ0) is 13.7. The van der Waals surface area contributed by atoms with Gasteiger partial charge in [0.05, 0.1) is 13.2 Å². The van der Waals surface area contributed by atoms with E-state index in [0.717, 1.165) is 50.3 Å². The van der Waals surface area contributed by atoms with Crippen molar-refractivity contribution in [2.75, 3.05) is 26.3 Å². The van der Waals surface area contributed by atoms with E-state index in [0.29, 0.717) is 17.9 Å². The lowest BCUT2D eigenvalue weighted by Gasteiger charge is -2.37. The molecule has 3 nitrogen and oxygen atoms in total. The third-order valence-corrected chi connectivity index (χ3v) is 5.33. The molecule has 108 valence electrons. The minimum atomic E-state index is -0.151. The predicted molar refractivity (Wildman–Crippen MR) is 74.8 cm³/mol. The molecule has 2 N–H and O–H groups in total. The van der Waals surface area contributed by atoms with Gasteiger partial charge in [0.25, 0.3) is 0 Å². The number of benzene rings is 1. The molecule has 2 saturated heterocycles. The van der Waals surface area contributed by atoms with Gasteiger partial charge in [-0.3, -0.25) is 4.90 Å². The summed E-state index contributed by atoms with van der Waals surface area (Å²) in [4.78, 5) is 2.55. The van der Waals surface area contributed by atoms with Crippen molar-refractivity contribution in [3.63, 3.8) is 0 Å². The molecule has 2 aliphatic heterocycles. The van der Waals surface area contributed by atoms with Crippen LogP contribution in [0.25, 0.3) is 0 Å². The lowest BCUT2D eigenvalue weighted by molar-refractivity contribution is 0.124. The summed E-state index contributed by atoms with van der Waals surface area (Å²) in [6.07, 6.45) is 1.98. The Hall–Kier alpha value is -0.970. The van der Waals surface area contributed by atoms with E-state index >= 15 is 0 Å². The Labute approximate surface area is 118 Å². The van der Waals surface area contributed by atoms with Gasteiger partial charge >= 0.3 is 0 Å². The monoisotopic (exact) mass is 276 g/mol. The van der Waals surface area contributed by atoms with Crippen molar-refractivity contribution in [3.8, 4) is 0 Å². The van der Waals surface area contributed by atoms with Gasteiger partial charge in [-0.15, -0.1) is 0 Å². The fourth-order valence-electron chi connectivity index (χ4n) is 4.21. The first-order valence-electron chi connectivity index (χ1n) is 7.58. The van der Waals surface area contributed by atoms with Gasteiger partial charge in [-0.1, -0.05) is 6.07 Å². The summed E-state index contributed by atoms with van der Waals surface area (Å²) in [5, 5.41) is 0. The molecule has 0 amide bonds. The van der Waals surface area contributed by atoms with Crippen molar-refractivity contribution in [2.45, 2.75) is 24.9 Å². The Balaban J connectivity index is 1.55. The van der Waals surface area contributed by atoms with Gasteiger partial charge in [0, 0.05) is 37.0 Å². The molecule has 4 unspecified atom stereocenters. The maximum absolute atomic E-state index is 13.3. The van der Waals surface area contributed by atoms with E-state index < -0.39 is 0 Å². The number of ether oxygens (including phenoxy) is 1. The number of rotatable bonds is 1. The number of hydrogen-bond acceptors (Lipinski definition) is 3. The number of nitrogens with two attached hydrogens (primary N) is 1. The van der Waals surface area contributed by atoms with Crippen molar-refractivity contribution < 1.29 is 9.13 Å². The molecule has 4 rings (SSSR count).